The predicted molar refractivity (Wildman–Crippen MR) is 265 cm³/mol. The average molecular weight is 867 g/mol. The van der Waals surface area contributed by atoms with Gasteiger partial charge in [0.05, 0.1) is 0 Å². The third-order valence-electron chi connectivity index (χ3n) is 11.3. The highest BCUT2D eigenvalue weighted by Crippen LogP contribution is 2.15. The highest BCUT2D eigenvalue weighted by Gasteiger charge is 2.19. The second-order valence-electron chi connectivity index (χ2n) is 17.4. The van der Waals surface area contributed by atoms with Crippen LogP contribution in [0.3, 0.4) is 0 Å². The van der Waals surface area contributed by atoms with Crippen LogP contribution in [0.15, 0.2) is 60.8 Å². The molecule has 0 bridgehead atoms. The van der Waals surface area contributed by atoms with E-state index in [-0.39, 0.29) is 31.1 Å². The Morgan fingerprint density at radius 1 is 0.339 bits per heavy atom. The van der Waals surface area contributed by atoms with E-state index in [1.165, 1.54) is 122 Å². The van der Waals surface area contributed by atoms with Crippen molar-refractivity contribution in [1.82, 2.24) is 0 Å². The molecule has 6 nitrogen and oxygen atoms in total. The Morgan fingerprint density at radius 3 is 0.984 bits per heavy atom. The quantitative estimate of drug-likeness (QED) is 0.0262. The summed E-state index contributed by atoms with van der Waals surface area (Å²) < 4.78 is 16.8. The second kappa shape index (κ2) is 50.8. The Labute approximate surface area is 383 Å². The van der Waals surface area contributed by atoms with Gasteiger partial charge in [-0.05, 0) is 64.2 Å². The van der Waals surface area contributed by atoms with Crippen molar-refractivity contribution >= 4 is 17.9 Å². The van der Waals surface area contributed by atoms with E-state index < -0.39 is 6.10 Å². The predicted octanol–water partition coefficient (Wildman–Crippen LogP) is 17.3. The Morgan fingerprint density at radius 2 is 0.629 bits per heavy atom. The van der Waals surface area contributed by atoms with Gasteiger partial charge < -0.3 is 14.2 Å². The van der Waals surface area contributed by atoms with Crippen molar-refractivity contribution in [2.24, 2.45) is 0 Å². The summed E-state index contributed by atoms with van der Waals surface area (Å²) in [6.07, 6.45) is 62.0. The number of unbranched alkanes of at least 4 members (excludes halogenated alkanes) is 26. The molecule has 0 aliphatic rings. The van der Waals surface area contributed by atoms with Gasteiger partial charge in [-0.2, -0.15) is 0 Å². The summed E-state index contributed by atoms with van der Waals surface area (Å²) in [5.74, 6) is -0.908. The van der Waals surface area contributed by atoms with Gasteiger partial charge in [0.15, 0.2) is 6.10 Å². The van der Waals surface area contributed by atoms with Crippen LogP contribution < -0.4 is 0 Å². The molecule has 1 atom stereocenters. The molecule has 0 N–H and O–H groups in total. The number of ether oxygens (including phenoxy) is 3. The second-order valence-corrected chi connectivity index (χ2v) is 17.4. The minimum Gasteiger partial charge on any atom is -0.462 e. The van der Waals surface area contributed by atoms with Gasteiger partial charge in [0.1, 0.15) is 13.2 Å². The zero-order chi connectivity index (χ0) is 45.1. The van der Waals surface area contributed by atoms with Crippen LogP contribution in [-0.2, 0) is 28.6 Å². The van der Waals surface area contributed by atoms with Gasteiger partial charge in [-0.1, -0.05) is 236 Å². The topological polar surface area (TPSA) is 78.9 Å². The Hall–Kier alpha value is -2.89. The Bertz CT molecular complexity index is 1130. The Balaban J connectivity index is 4.40. The van der Waals surface area contributed by atoms with Gasteiger partial charge in [-0.3, -0.25) is 14.4 Å². The minimum absolute atomic E-state index is 0.0815. The molecule has 62 heavy (non-hydrogen) atoms. The van der Waals surface area contributed by atoms with Crippen molar-refractivity contribution in [3.05, 3.63) is 60.8 Å². The van der Waals surface area contributed by atoms with E-state index in [0.717, 1.165) is 96.3 Å². The Kier molecular flexibility index (Phi) is 48.4. The van der Waals surface area contributed by atoms with E-state index in [1.807, 2.05) is 0 Å². The largest absolute Gasteiger partial charge is 0.462 e. The molecular weight excluding hydrogens is 769 g/mol. The van der Waals surface area contributed by atoms with Gasteiger partial charge in [0.25, 0.3) is 0 Å². The first-order valence-electron chi connectivity index (χ1n) is 26.3. The maximum absolute atomic E-state index is 12.8. The van der Waals surface area contributed by atoms with Gasteiger partial charge in [-0.25, -0.2) is 0 Å². The van der Waals surface area contributed by atoms with Crippen LogP contribution in [0.4, 0.5) is 0 Å². The third kappa shape index (κ3) is 48.1. The average Bonchev–Trinajstić information content (AvgIpc) is 3.27. The van der Waals surface area contributed by atoms with Crippen LogP contribution in [0, 0.1) is 0 Å². The van der Waals surface area contributed by atoms with E-state index in [1.54, 1.807) is 0 Å². The fourth-order valence-electron chi connectivity index (χ4n) is 7.35. The van der Waals surface area contributed by atoms with Crippen LogP contribution >= 0.6 is 0 Å². The highest BCUT2D eigenvalue weighted by atomic mass is 16.6. The third-order valence-corrected chi connectivity index (χ3v) is 11.3. The van der Waals surface area contributed by atoms with E-state index in [9.17, 15) is 14.4 Å². The molecule has 0 aromatic rings. The molecule has 0 radical (unpaired) electrons. The molecule has 0 aromatic heterocycles. The van der Waals surface area contributed by atoms with Crippen LogP contribution in [0.5, 0.6) is 0 Å². The van der Waals surface area contributed by atoms with Gasteiger partial charge in [-0.15, -0.1) is 0 Å². The van der Waals surface area contributed by atoms with Crippen LogP contribution in [0.1, 0.15) is 258 Å². The number of rotatable bonds is 47. The van der Waals surface area contributed by atoms with Crippen molar-refractivity contribution in [2.45, 2.75) is 264 Å². The van der Waals surface area contributed by atoms with E-state index in [2.05, 4.69) is 81.5 Å². The van der Waals surface area contributed by atoms with Crippen LogP contribution in [0.25, 0.3) is 0 Å². The summed E-state index contributed by atoms with van der Waals surface area (Å²) in [6, 6.07) is 0. The van der Waals surface area contributed by atoms with Crippen molar-refractivity contribution in [3.63, 3.8) is 0 Å². The molecule has 0 heterocycles. The molecule has 0 aromatic carbocycles. The van der Waals surface area contributed by atoms with Crippen LogP contribution in [-0.4, -0.2) is 37.2 Å². The zero-order valence-corrected chi connectivity index (χ0v) is 40.9. The smallest absolute Gasteiger partial charge is 0.306 e. The highest BCUT2D eigenvalue weighted by molar-refractivity contribution is 5.71. The number of carbonyl (C=O) groups excluding carboxylic acids is 3. The molecule has 0 aliphatic heterocycles. The standard InChI is InChI=1S/C56H98O6/c1-4-7-10-13-16-19-22-24-26-27-28-29-30-32-34-37-40-43-46-49-55(58)61-52-53(51-60-54(57)48-45-42-39-36-33-21-18-15-12-9-6-3)62-56(59)50-47-44-41-38-35-31-25-23-20-17-14-11-8-5-2/h7,10,16,19,24,26,28-29,32,34,53H,4-6,8-9,11-15,17-18,20-23,25,27,30-31,33,35-52H2,1-3H3/b10-7-,19-16-,26-24-,29-28-,34-32-. The lowest BCUT2D eigenvalue weighted by Gasteiger charge is -2.18. The molecule has 0 saturated heterocycles. The minimum atomic E-state index is -0.783. The van der Waals surface area contributed by atoms with Gasteiger partial charge in [0.2, 0.25) is 0 Å². The summed E-state index contributed by atoms with van der Waals surface area (Å²) in [7, 11) is 0. The van der Waals surface area contributed by atoms with Gasteiger partial charge in [0, 0.05) is 19.3 Å². The van der Waals surface area contributed by atoms with Crippen molar-refractivity contribution < 1.29 is 28.6 Å². The summed E-state index contributed by atoms with van der Waals surface area (Å²) in [5, 5.41) is 0. The molecule has 0 fully saturated rings. The maximum Gasteiger partial charge on any atom is 0.306 e. The van der Waals surface area contributed by atoms with E-state index in [0.29, 0.717) is 19.3 Å². The van der Waals surface area contributed by atoms with E-state index >= 15 is 0 Å². The molecule has 0 aliphatic carbocycles. The first kappa shape index (κ1) is 59.1. The lowest BCUT2D eigenvalue weighted by atomic mass is 10.0. The number of allylic oxidation sites excluding steroid dienone is 10. The van der Waals surface area contributed by atoms with Crippen molar-refractivity contribution in [1.29, 1.82) is 0 Å². The lowest BCUT2D eigenvalue weighted by molar-refractivity contribution is -0.167. The summed E-state index contributed by atoms with van der Waals surface area (Å²) in [5.41, 5.74) is 0. The molecule has 358 valence electrons. The normalized spacial score (nSPS) is 12.5. The number of hydrogen-bond acceptors (Lipinski definition) is 6. The molecule has 6 heteroatoms. The fraction of sp³-hybridized carbons (Fsp3) is 0.768. The maximum atomic E-state index is 12.8. The fourth-order valence-corrected chi connectivity index (χ4v) is 7.35. The molecule has 0 spiro atoms. The summed E-state index contributed by atoms with van der Waals surface area (Å²) in [6.45, 7) is 6.50. The first-order chi connectivity index (χ1) is 30.5. The number of esters is 3. The van der Waals surface area contributed by atoms with Crippen molar-refractivity contribution in [3.8, 4) is 0 Å². The molecule has 0 saturated carbocycles. The van der Waals surface area contributed by atoms with Gasteiger partial charge >= 0.3 is 17.9 Å². The molecule has 0 rings (SSSR count). The van der Waals surface area contributed by atoms with E-state index in [4.69, 9.17) is 14.2 Å². The molecular formula is C56H98O6. The first-order valence-corrected chi connectivity index (χ1v) is 26.3. The number of hydrogen-bond donors (Lipinski definition) is 0. The summed E-state index contributed by atoms with van der Waals surface area (Å²) >= 11 is 0. The number of carbonyl (C=O) groups is 3. The molecule has 1 unspecified atom stereocenters. The summed E-state index contributed by atoms with van der Waals surface area (Å²) in [4.78, 5) is 38.0. The zero-order valence-electron chi connectivity index (χ0n) is 40.9. The monoisotopic (exact) mass is 867 g/mol. The van der Waals surface area contributed by atoms with Crippen molar-refractivity contribution in [2.75, 3.05) is 13.2 Å². The lowest BCUT2D eigenvalue weighted by Crippen LogP contribution is -2.30. The molecule has 0 amide bonds. The van der Waals surface area contributed by atoms with Crippen LogP contribution in [0.2, 0.25) is 0 Å². The SMILES string of the molecule is CC/C=C\C/C=C\C/C=C\C/C=C\C/C=C\CCCCCC(=O)OCC(COC(=O)CCCCCCCCCCCCC)OC(=O)CCCCCCCCCCCCCCCC.